The van der Waals surface area contributed by atoms with Crippen LogP contribution in [0.5, 0.6) is 11.5 Å². The number of benzene rings is 2. The zero-order valence-corrected chi connectivity index (χ0v) is 17.4. The summed E-state index contributed by atoms with van der Waals surface area (Å²) >= 11 is 13.2. The molecule has 0 spiro atoms. The average molecular weight is 438 g/mol. The molecule has 1 aromatic heterocycles. The van der Waals surface area contributed by atoms with Crippen molar-refractivity contribution in [1.82, 2.24) is 10.2 Å². The smallest absolute Gasteiger partial charge is 0.266 e. The van der Waals surface area contributed by atoms with E-state index in [9.17, 15) is 4.79 Å². The summed E-state index contributed by atoms with van der Waals surface area (Å²) in [6, 6.07) is 12.5. The fraction of sp³-hybridized carbons (Fsp3) is 0.211. The number of rotatable bonds is 7. The fourth-order valence-corrected chi connectivity index (χ4v) is 3.55. The van der Waals surface area contributed by atoms with E-state index in [1.54, 1.807) is 32.2 Å². The van der Waals surface area contributed by atoms with Gasteiger partial charge in [-0.25, -0.2) is 0 Å². The van der Waals surface area contributed by atoms with Crippen LogP contribution in [0.25, 0.3) is 0 Å². The average Bonchev–Trinajstić information content (AvgIpc) is 3.11. The number of anilines is 1. The highest BCUT2D eigenvalue weighted by molar-refractivity contribution is 7.15. The van der Waals surface area contributed by atoms with Crippen LogP contribution in [0.15, 0.2) is 42.5 Å². The third-order valence-electron chi connectivity index (χ3n) is 3.78. The SMILES string of the molecule is COc1ccc(Cc2nnc(NC(=O)C(C)Oc3ccc(Cl)cc3Cl)s2)cc1. The molecule has 2 aromatic carbocycles. The van der Waals surface area contributed by atoms with Crippen LogP contribution in [-0.2, 0) is 11.2 Å². The Morgan fingerprint density at radius 2 is 1.93 bits per heavy atom. The summed E-state index contributed by atoms with van der Waals surface area (Å²) in [5.74, 6) is 0.827. The number of carbonyl (C=O) groups excluding carboxylic acids is 1. The molecule has 1 atom stereocenters. The Morgan fingerprint density at radius 1 is 1.18 bits per heavy atom. The van der Waals surface area contributed by atoms with Crippen LogP contribution in [0.1, 0.15) is 17.5 Å². The molecule has 0 saturated heterocycles. The molecular formula is C19H17Cl2N3O3S. The highest BCUT2D eigenvalue weighted by Crippen LogP contribution is 2.28. The van der Waals surface area contributed by atoms with Gasteiger partial charge in [0, 0.05) is 11.4 Å². The quantitative estimate of drug-likeness (QED) is 0.571. The van der Waals surface area contributed by atoms with Crippen molar-refractivity contribution in [3.8, 4) is 11.5 Å². The Kier molecular flexibility index (Phi) is 6.72. The fourth-order valence-electron chi connectivity index (χ4n) is 2.32. The first-order chi connectivity index (χ1) is 13.4. The van der Waals surface area contributed by atoms with Gasteiger partial charge in [0.25, 0.3) is 5.91 Å². The summed E-state index contributed by atoms with van der Waals surface area (Å²) < 4.78 is 10.7. The van der Waals surface area contributed by atoms with Gasteiger partial charge in [-0.1, -0.05) is 46.7 Å². The molecule has 0 radical (unpaired) electrons. The molecule has 1 amide bonds. The second-order valence-electron chi connectivity index (χ2n) is 5.85. The number of hydrogen-bond donors (Lipinski definition) is 1. The first-order valence-electron chi connectivity index (χ1n) is 8.32. The van der Waals surface area contributed by atoms with E-state index >= 15 is 0 Å². The van der Waals surface area contributed by atoms with Crippen molar-refractivity contribution < 1.29 is 14.3 Å². The van der Waals surface area contributed by atoms with Crippen LogP contribution in [0.2, 0.25) is 10.0 Å². The van der Waals surface area contributed by atoms with Crippen LogP contribution in [-0.4, -0.2) is 29.3 Å². The predicted octanol–water partition coefficient (Wildman–Crippen LogP) is 4.85. The maximum absolute atomic E-state index is 12.4. The molecule has 0 aliphatic carbocycles. The third kappa shape index (κ3) is 5.34. The number of nitrogens with zero attached hydrogens (tertiary/aromatic N) is 2. The van der Waals surface area contributed by atoms with E-state index < -0.39 is 6.10 Å². The number of amides is 1. The molecule has 0 aliphatic rings. The number of halogens is 2. The van der Waals surface area contributed by atoms with Gasteiger partial charge in [0.15, 0.2) is 6.10 Å². The van der Waals surface area contributed by atoms with E-state index in [0.717, 1.165) is 16.3 Å². The van der Waals surface area contributed by atoms with Crippen molar-refractivity contribution in [2.24, 2.45) is 0 Å². The summed E-state index contributed by atoms with van der Waals surface area (Å²) in [4.78, 5) is 12.4. The Morgan fingerprint density at radius 3 is 2.61 bits per heavy atom. The zero-order valence-electron chi connectivity index (χ0n) is 15.1. The van der Waals surface area contributed by atoms with E-state index in [1.165, 1.54) is 11.3 Å². The van der Waals surface area contributed by atoms with Gasteiger partial charge in [0.2, 0.25) is 5.13 Å². The topological polar surface area (TPSA) is 73.3 Å². The second-order valence-corrected chi connectivity index (χ2v) is 7.76. The van der Waals surface area contributed by atoms with Crippen LogP contribution < -0.4 is 14.8 Å². The lowest BCUT2D eigenvalue weighted by molar-refractivity contribution is -0.122. The van der Waals surface area contributed by atoms with Crippen molar-refractivity contribution in [2.45, 2.75) is 19.4 Å². The van der Waals surface area contributed by atoms with Crippen molar-refractivity contribution in [1.29, 1.82) is 0 Å². The lowest BCUT2D eigenvalue weighted by Gasteiger charge is -2.14. The van der Waals surface area contributed by atoms with Gasteiger partial charge in [0.1, 0.15) is 16.5 Å². The summed E-state index contributed by atoms with van der Waals surface area (Å²) in [5.41, 5.74) is 1.07. The number of carbonyl (C=O) groups is 1. The van der Waals surface area contributed by atoms with Crippen LogP contribution in [0, 0.1) is 0 Å². The van der Waals surface area contributed by atoms with Crippen LogP contribution in [0.3, 0.4) is 0 Å². The third-order valence-corrected chi connectivity index (χ3v) is 5.15. The molecule has 146 valence electrons. The normalized spacial score (nSPS) is 11.7. The molecule has 3 aromatic rings. The Bertz CT molecular complexity index is 963. The Balaban J connectivity index is 1.58. The number of nitrogens with one attached hydrogen (secondary N) is 1. The van der Waals surface area contributed by atoms with E-state index in [-0.39, 0.29) is 5.91 Å². The first-order valence-corrected chi connectivity index (χ1v) is 9.89. The van der Waals surface area contributed by atoms with Crippen molar-refractivity contribution in [3.63, 3.8) is 0 Å². The van der Waals surface area contributed by atoms with Crippen molar-refractivity contribution in [2.75, 3.05) is 12.4 Å². The van der Waals surface area contributed by atoms with Crippen molar-refractivity contribution >= 4 is 45.6 Å². The lowest BCUT2D eigenvalue weighted by Crippen LogP contribution is -2.30. The Hall–Kier alpha value is -2.35. The van der Waals surface area contributed by atoms with E-state index in [0.29, 0.717) is 27.3 Å². The monoisotopic (exact) mass is 437 g/mol. The molecule has 0 fully saturated rings. The Labute approximate surface area is 176 Å². The highest BCUT2D eigenvalue weighted by Gasteiger charge is 2.18. The molecule has 9 heteroatoms. The number of ether oxygens (including phenoxy) is 2. The van der Waals surface area contributed by atoms with Gasteiger partial charge < -0.3 is 9.47 Å². The van der Waals surface area contributed by atoms with Crippen molar-refractivity contribution in [3.05, 3.63) is 63.1 Å². The maximum Gasteiger partial charge on any atom is 0.266 e. The molecule has 6 nitrogen and oxygen atoms in total. The minimum atomic E-state index is -0.771. The minimum absolute atomic E-state index is 0.338. The minimum Gasteiger partial charge on any atom is -0.497 e. The van der Waals surface area contributed by atoms with Gasteiger partial charge >= 0.3 is 0 Å². The van der Waals surface area contributed by atoms with Crippen LogP contribution >= 0.6 is 34.5 Å². The maximum atomic E-state index is 12.4. The molecule has 1 unspecified atom stereocenters. The molecular weight excluding hydrogens is 421 g/mol. The van der Waals surface area contributed by atoms with Gasteiger partial charge in [-0.2, -0.15) is 0 Å². The number of aromatic nitrogens is 2. The van der Waals surface area contributed by atoms with Gasteiger partial charge in [-0.3, -0.25) is 10.1 Å². The molecule has 1 heterocycles. The number of hydrogen-bond acceptors (Lipinski definition) is 6. The molecule has 1 N–H and O–H groups in total. The van der Waals surface area contributed by atoms with Gasteiger partial charge in [-0.05, 0) is 42.8 Å². The molecule has 0 saturated carbocycles. The zero-order chi connectivity index (χ0) is 20.1. The highest BCUT2D eigenvalue weighted by atomic mass is 35.5. The van der Waals surface area contributed by atoms with E-state index in [2.05, 4.69) is 15.5 Å². The van der Waals surface area contributed by atoms with Crippen LogP contribution in [0.4, 0.5) is 5.13 Å². The first kappa shape index (κ1) is 20.4. The predicted molar refractivity (Wildman–Crippen MR) is 111 cm³/mol. The van der Waals surface area contributed by atoms with Gasteiger partial charge in [-0.15, -0.1) is 10.2 Å². The lowest BCUT2D eigenvalue weighted by atomic mass is 10.1. The standard InChI is InChI=1S/C19H17Cl2N3O3S/c1-11(27-16-8-5-13(20)10-15(16)21)18(25)22-19-24-23-17(28-19)9-12-3-6-14(26-2)7-4-12/h3-8,10-11H,9H2,1-2H3,(H,22,24,25). The van der Waals surface area contributed by atoms with E-state index in [1.807, 2.05) is 24.3 Å². The van der Waals surface area contributed by atoms with Gasteiger partial charge in [0.05, 0.1) is 12.1 Å². The summed E-state index contributed by atoms with van der Waals surface area (Å²) in [6.45, 7) is 1.62. The number of methoxy groups -OCH3 is 1. The molecule has 28 heavy (non-hydrogen) atoms. The molecule has 3 rings (SSSR count). The molecule has 0 bridgehead atoms. The summed E-state index contributed by atoms with van der Waals surface area (Å²) in [6.07, 6.45) is -0.156. The second kappa shape index (κ2) is 9.23. The summed E-state index contributed by atoms with van der Waals surface area (Å²) in [5, 5.41) is 12.9. The largest absolute Gasteiger partial charge is 0.497 e. The molecule has 0 aliphatic heterocycles. The summed E-state index contributed by atoms with van der Waals surface area (Å²) in [7, 11) is 1.63. The van der Waals surface area contributed by atoms with E-state index in [4.69, 9.17) is 32.7 Å².